The van der Waals surface area contributed by atoms with Crippen molar-refractivity contribution in [2.45, 2.75) is 62.6 Å². The van der Waals surface area contributed by atoms with Gasteiger partial charge in [0.25, 0.3) is 0 Å². The smallest absolute Gasteiger partial charge is 0.327 e. The van der Waals surface area contributed by atoms with Crippen LogP contribution in [0.2, 0.25) is 0 Å². The minimum Gasteiger partial charge on any atom is -0.468 e. The Morgan fingerprint density at radius 3 is 1.80 bits per heavy atom. The second-order valence-electron chi connectivity index (χ2n) is 6.50. The van der Waals surface area contributed by atoms with Crippen LogP contribution in [-0.4, -0.2) is 42.6 Å². The van der Waals surface area contributed by atoms with Crippen molar-refractivity contribution in [1.82, 2.24) is 0 Å². The predicted octanol–water partition coefficient (Wildman–Crippen LogP) is 1.23. The van der Waals surface area contributed by atoms with Crippen molar-refractivity contribution in [2.24, 2.45) is 0 Å². The van der Waals surface area contributed by atoms with Gasteiger partial charge in [0.05, 0.1) is 7.11 Å². The number of methoxy groups -OCH3 is 1. The number of ether oxygens (including phenoxy) is 2. The van der Waals surface area contributed by atoms with Crippen molar-refractivity contribution in [3.05, 3.63) is 0 Å². The Hall–Kier alpha value is -1.11. The summed E-state index contributed by atoms with van der Waals surface area (Å²) in [4.78, 5) is 23.9. The van der Waals surface area contributed by atoms with Crippen LogP contribution in [0.15, 0.2) is 0 Å². The molecule has 0 bridgehead atoms. The first-order valence-electron chi connectivity index (χ1n) is 6.38. The molecule has 1 aliphatic carbocycles. The van der Waals surface area contributed by atoms with E-state index in [1.807, 2.05) is 0 Å². The maximum absolute atomic E-state index is 12.7. The van der Waals surface area contributed by atoms with Gasteiger partial charge in [0, 0.05) is 0 Å². The first-order chi connectivity index (χ1) is 8.82. The average Bonchev–Trinajstić information content (AvgIpc) is 3.06. The Bertz CT molecular complexity index is 520. The Labute approximate surface area is 119 Å². The highest BCUT2D eigenvalue weighted by Crippen LogP contribution is 2.49. The third-order valence-corrected chi connectivity index (χ3v) is 6.45. The van der Waals surface area contributed by atoms with Crippen molar-refractivity contribution in [3.63, 3.8) is 0 Å². The molecule has 1 rings (SSSR count). The molecule has 0 aromatic heterocycles. The fourth-order valence-corrected chi connectivity index (χ4v) is 4.06. The van der Waals surface area contributed by atoms with Gasteiger partial charge in [-0.05, 0) is 47.5 Å². The fraction of sp³-hybridized carbons (Fsp3) is 0.846. The second-order valence-corrected chi connectivity index (χ2v) is 9.31. The summed E-state index contributed by atoms with van der Waals surface area (Å²) in [5.74, 6) is -1.67. The van der Waals surface area contributed by atoms with Crippen molar-refractivity contribution >= 4 is 21.8 Å². The standard InChI is InChI=1S/C13H22O6S/c1-11(2,3)19-9(14)12(4,5)20(16,17)13(7-8-13)10(15)18-6/h7-8H2,1-6H3. The summed E-state index contributed by atoms with van der Waals surface area (Å²) < 4.78 is 31.7. The average molecular weight is 306 g/mol. The third kappa shape index (κ3) is 2.55. The fourth-order valence-electron chi connectivity index (χ4n) is 1.88. The van der Waals surface area contributed by atoms with Crippen LogP contribution in [-0.2, 0) is 28.9 Å². The number of esters is 2. The lowest BCUT2D eigenvalue weighted by molar-refractivity contribution is -0.157. The molecular weight excluding hydrogens is 284 g/mol. The molecule has 1 saturated carbocycles. The summed E-state index contributed by atoms with van der Waals surface area (Å²) in [7, 11) is -2.92. The lowest BCUT2D eigenvalue weighted by Gasteiger charge is -2.30. The maximum Gasteiger partial charge on any atom is 0.327 e. The minimum atomic E-state index is -4.06. The van der Waals surface area contributed by atoms with Gasteiger partial charge < -0.3 is 9.47 Å². The molecule has 0 aromatic rings. The largest absolute Gasteiger partial charge is 0.468 e. The molecular formula is C13H22O6S. The SMILES string of the molecule is COC(=O)C1(S(=O)(=O)C(C)(C)C(=O)OC(C)(C)C)CC1. The van der Waals surface area contributed by atoms with Crippen LogP contribution in [0.4, 0.5) is 0 Å². The highest BCUT2D eigenvalue weighted by atomic mass is 32.2. The molecule has 0 aliphatic heterocycles. The highest BCUT2D eigenvalue weighted by Gasteiger charge is 2.68. The van der Waals surface area contributed by atoms with E-state index in [0.29, 0.717) is 0 Å². The zero-order valence-corrected chi connectivity index (χ0v) is 13.6. The Morgan fingerprint density at radius 1 is 1.05 bits per heavy atom. The quantitative estimate of drug-likeness (QED) is 0.726. The molecule has 0 spiro atoms. The molecule has 0 heterocycles. The van der Waals surface area contributed by atoms with E-state index in [1.54, 1.807) is 20.8 Å². The molecule has 20 heavy (non-hydrogen) atoms. The molecule has 0 saturated heterocycles. The van der Waals surface area contributed by atoms with E-state index in [2.05, 4.69) is 4.74 Å². The molecule has 0 aromatic carbocycles. The van der Waals surface area contributed by atoms with Gasteiger partial charge in [-0.15, -0.1) is 0 Å². The molecule has 0 N–H and O–H groups in total. The van der Waals surface area contributed by atoms with Gasteiger partial charge in [-0.1, -0.05) is 0 Å². The summed E-state index contributed by atoms with van der Waals surface area (Å²) in [6, 6.07) is 0. The number of carbonyl (C=O) groups excluding carboxylic acids is 2. The first kappa shape index (κ1) is 16.9. The van der Waals surface area contributed by atoms with Gasteiger partial charge >= 0.3 is 11.9 Å². The van der Waals surface area contributed by atoms with Crippen LogP contribution >= 0.6 is 0 Å². The molecule has 6 nitrogen and oxygen atoms in total. The van der Waals surface area contributed by atoms with Gasteiger partial charge in [0.1, 0.15) is 5.60 Å². The monoisotopic (exact) mass is 306 g/mol. The molecule has 0 atom stereocenters. The minimum absolute atomic E-state index is 0.175. The summed E-state index contributed by atoms with van der Waals surface area (Å²) in [5.41, 5.74) is -0.800. The normalized spacial score (nSPS) is 18.3. The Morgan fingerprint density at radius 2 is 1.50 bits per heavy atom. The van der Waals surface area contributed by atoms with Crippen molar-refractivity contribution in [1.29, 1.82) is 0 Å². The van der Waals surface area contributed by atoms with Crippen LogP contribution in [0.1, 0.15) is 47.5 Å². The van der Waals surface area contributed by atoms with E-state index in [4.69, 9.17) is 4.74 Å². The van der Waals surface area contributed by atoms with Gasteiger partial charge in [0.2, 0.25) is 0 Å². The van der Waals surface area contributed by atoms with Crippen molar-refractivity contribution < 1.29 is 27.5 Å². The van der Waals surface area contributed by atoms with Gasteiger partial charge in [-0.2, -0.15) is 0 Å². The van der Waals surface area contributed by atoms with Gasteiger partial charge in [-0.3, -0.25) is 9.59 Å². The van der Waals surface area contributed by atoms with Crippen LogP contribution in [0.3, 0.4) is 0 Å². The summed E-state index contributed by atoms with van der Waals surface area (Å²) in [6.45, 7) is 7.49. The Balaban J connectivity index is 3.15. The van der Waals surface area contributed by atoms with Gasteiger partial charge in [-0.25, -0.2) is 8.42 Å². The van der Waals surface area contributed by atoms with Crippen molar-refractivity contribution in [3.8, 4) is 0 Å². The molecule has 116 valence electrons. The van der Waals surface area contributed by atoms with Crippen LogP contribution in [0.5, 0.6) is 0 Å². The summed E-state index contributed by atoms with van der Waals surface area (Å²) in [5, 5.41) is 0. The molecule has 0 amide bonds. The summed E-state index contributed by atoms with van der Waals surface area (Å²) >= 11 is 0. The zero-order chi connectivity index (χ0) is 16.0. The lowest BCUT2D eigenvalue weighted by atomic mass is 10.1. The van der Waals surface area contributed by atoms with Gasteiger partial charge in [0.15, 0.2) is 19.3 Å². The summed E-state index contributed by atoms with van der Waals surface area (Å²) in [6.07, 6.45) is 0.350. The number of hydrogen-bond donors (Lipinski definition) is 0. The van der Waals surface area contributed by atoms with E-state index in [9.17, 15) is 18.0 Å². The number of sulfone groups is 1. The third-order valence-electron chi connectivity index (χ3n) is 3.34. The molecule has 1 aliphatic rings. The maximum atomic E-state index is 12.7. The number of rotatable bonds is 4. The molecule has 1 fully saturated rings. The van der Waals surface area contributed by atoms with Crippen LogP contribution in [0, 0.1) is 0 Å². The molecule has 7 heteroatoms. The lowest BCUT2D eigenvalue weighted by Crippen LogP contribution is -2.52. The van der Waals surface area contributed by atoms with E-state index in [0.717, 1.165) is 7.11 Å². The Kier molecular flexibility index (Phi) is 4.00. The van der Waals surface area contributed by atoms with E-state index < -0.39 is 36.9 Å². The van der Waals surface area contributed by atoms with E-state index >= 15 is 0 Å². The number of carbonyl (C=O) groups is 2. The van der Waals surface area contributed by atoms with Crippen LogP contribution < -0.4 is 0 Å². The predicted molar refractivity (Wildman–Crippen MR) is 72.8 cm³/mol. The highest BCUT2D eigenvalue weighted by molar-refractivity contribution is 7.96. The van der Waals surface area contributed by atoms with E-state index in [1.165, 1.54) is 13.8 Å². The second kappa shape index (κ2) is 4.72. The first-order valence-corrected chi connectivity index (χ1v) is 7.86. The topological polar surface area (TPSA) is 86.7 Å². The zero-order valence-electron chi connectivity index (χ0n) is 12.8. The van der Waals surface area contributed by atoms with Crippen molar-refractivity contribution in [2.75, 3.05) is 7.11 Å². The molecule has 0 radical (unpaired) electrons. The molecule has 0 unspecified atom stereocenters. The number of hydrogen-bond acceptors (Lipinski definition) is 6. The van der Waals surface area contributed by atoms with Crippen LogP contribution in [0.25, 0.3) is 0 Å². The van der Waals surface area contributed by atoms with E-state index in [-0.39, 0.29) is 12.8 Å².